The molecule has 3 N–H and O–H groups in total. The summed E-state index contributed by atoms with van der Waals surface area (Å²) in [6.07, 6.45) is 5.50. The number of amides is 1. The maximum atomic E-state index is 11.9. The smallest absolute Gasteiger partial charge is 0.223 e. The average Bonchev–Trinajstić information content (AvgIpc) is 3.13. The number of primary amides is 1. The standard InChI is InChI=1S/C16H24N2O4/c17-15(21)16(4-1-2-5-16)7-10(8-19)11-3-6-18-13-12(20)9-22-14(11)13/h8,10-11,13-14,18H,1-7,9H2,(H2,17,21). The maximum Gasteiger partial charge on any atom is 0.223 e. The topological polar surface area (TPSA) is 98.5 Å². The normalized spacial score (nSPS) is 35.1. The predicted octanol–water partition coefficient (Wildman–Crippen LogP) is 0.183. The van der Waals surface area contributed by atoms with E-state index in [2.05, 4.69) is 5.32 Å². The Morgan fingerprint density at radius 3 is 2.82 bits per heavy atom. The van der Waals surface area contributed by atoms with Crippen molar-refractivity contribution in [1.29, 1.82) is 0 Å². The fourth-order valence-corrected chi connectivity index (χ4v) is 4.53. The first kappa shape index (κ1) is 15.6. The van der Waals surface area contributed by atoms with Crippen LogP contribution in [0, 0.1) is 17.3 Å². The Bertz CT molecular complexity index is 473. The number of carbonyl (C=O) groups excluding carboxylic acids is 3. The Morgan fingerprint density at radius 2 is 2.18 bits per heavy atom. The summed E-state index contributed by atoms with van der Waals surface area (Å²) >= 11 is 0. The first-order chi connectivity index (χ1) is 10.6. The quantitative estimate of drug-likeness (QED) is 0.706. The number of fused-ring (bicyclic) bond motifs is 1. The zero-order chi connectivity index (χ0) is 15.7. The first-order valence-corrected chi connectivity index (χ1v) is 8.20. The van der Waals surface area contributed by atoms with Gasteiger partial charge in [-0.2, -0.15) is 0 Å². The minimum Gasteiger partial charge on any atom is -0.369 e. The zero-order valence-corrected chi connectivity index (χ0v) is 12.8. The summed E-state index contributed by atoms with van der Waals surface area (Å²) in [5, 5.41) is 3.18. The molecule has 2 saturated heterocycles. The molecule has 22 heavy (non-hydrogen) atoms. The van der Waals surface area contributed by atoms with Gasteiger partial charge >= 0.3 is 0 Å². The summed E-state index contributed by atoms with van der Waals surface area (Å²) in [6, 6.07) is -0.297. The van der Waals surface area contributed by atoms with E-state index in [1.54, 1.807) is 0 Å². The minimum absolute atomic E-state index is 0.00738. The molecule has 2 aliphatic heterocycles. The number of ketones is 1. The first-order valence-electron chi connectivity index (χ1n) is 8.20. The van der Waals surface area contributed by atoms with Gasteiger partial charge in [-0.3, -0.25) is 9.59 Å². The molecule has 6 nitrogen and oxygen atoms in total. The summed E-state index contributed by atoms with van der Waals surface area (Å²) in [5.41, 5.74) is 5.09. The third-order valence-corrected chi connectivity index (χ3v) is 5.79. The van der Waals surface area contributed by atoms with Gasteiger partial charge in [0, 0.05) is 11.3 Å². The van der Waals surface area contributed by atoms with Crippen LogP contribution in [-0.4, -0.2) is 43.3 Å². The number of carbonyl (C=O) groups is 3. The van der Waals surface area contributed by atoms with Gasteiger partial charge in [0.2, 0.25) is 5.91 Å². The number of nitrogens with two attached hydrogens (primary N) is 1. The number of nitrogens with one attached hydrogen (secondary N) is 1. The largest absolute Gasteiger partial charge is 0.369 e. The van der Waals surface area contributed by atoms with Gasteiger partial charge in [0.15, 0.2) is 5.78 Å². The van der Waals surface area contributed by atoms with Gasteiger partial charge in [-0.1, -0.05) is 12.8 Å². The monoisotopic (exact) mass is 308 g/mol. The summed E-state index contributed by atoms with van der Waals surface area (Å²) in [7, 11) is 0. The van der Waals surface area contributed by atoms with Crippen LogP contribution in [0.5, 0.6) is 0 Å². The van der Waals surface area contributed by atoms with E-state index in [1.807, 2.05) is 0 Å². The molecular weight excluding hydrogens is 284 g/mol. The number of aldehydes is 1. The van der Waals surface area contributed by atoms with Crippen molar-refractivity contribution in [3.63, 3.8) is 0 Å². The van der Waals surface area contributed by atoms with Crippen molar-refractivity contribution < 1.29 is 19.1 Å². The van der Waals surface area contributed by atoms with Crippen LogP contribution >= 0.6 is 0 Å². The lowest BCUT2D eigenvalue weighted by Gasteiger charge is -2.38. The van der Waals surface area contributed by atoms with Crippen LogP contribution < -0.4 is 11.1 Å². The molecule has 1 aliphatic carbocycles. The number of hydrogen-bond acceptors (Lipinski definition) is 5. The molecule has 0 radical (unpaired) electrons. The van der Waals surface area contributed by atoms with E-state index in [4.69, 9.17) is 10.5 Å². The summed E-state index contributed by atoms with van der Waals surface area (Å²) in [4.78, 5) is 35.5. The van der Waals surface area contributed by atoms with E-state index < -0.39 is 5.41 Å². The predicted molar refractivity (Wildman–Crippen MR) is 78.9 cm³/mol. The number of ether oxygens (including phenoxy) is 1. The SMILES string of the molecule is NC(=O)C1(CC(C=O)C2CCNC3C(=O)COC32)CCCC1. The number of piperidine rings is 1. The molecule has 4 unspecified atom stereocenters. The molecule has 1 saturated carbocycles. The fraction of sp³-hybridized carbons (Fsp3) is 0.812. The second-order valence-electron chi connectivity index (χ2n) is 6.98. The number of rotatable bonds is 5. The molecule has 2 heterocycles. The third-order valence-electron chi connectivity index (χ3n) is 5.79. The van der Waals surface area contributed by atoms with E-state index >= 15 is 0 Å². The Hall–Kier alpha value is -1.27. The van der Waals surface area contributed by atoms with Crippen LogP contribution in [-0.2, 0) is 19.1 Å². The summed E-state index contributed by atoms with van der Waals surface area (Å²) in [6.45, 7) is 0.820. The van der Waals surface area contributed by atoms with Gasteiger partial charge in [0.1, 0.15) is 12.9 Å². The van der Waals surface area contributed by atoms with Gasteiger partial charge in [-0.15, -0.1) is 0 Å². The Kier molecular flexibility index (Phi) is 4.32. The van der Waals surface area contributed by atoms with Gasteiger partial charge in [-0.05, 0) is 38.1 Å². The van der Waals surface area contributed by atoms with Crippen molar-refractivity contribution in [2.75, 3.05) is 13.2 Å². The van der Waals surface area contributed by atoms with Crippen LogP contribution in [0.2, 0.25) is 0 Å². The van der Waals surface area contributed by atoms with E-state index in [0.717, 1.165) is 38.4 Å². The highest BCUT2D eigenvalue weighted by atomic mass is 16.5. The highest BCUT2D eigenvalue weighted by Gasteiger charge is 2.49. The summed E-state index contributed by atoms with van der Waals surface area (Å²) in [5.74, 6) is -0.506. The van der Waals surface area contributed by atoms with Crippen molar-refractivity contribution in [2.24, 2.45) is 23.0 Å². The molecule has 1 amide bonds. The Morgan fingerprint density at radius 1 is 1.45 bits per heavy atom. The van der Waals surface area contributed by atoms with Gasteiger partial charge < -0.3 is 20.6 Å². The molecule has 4 atom stereocenters. The van der Waals surface area contributed by atoms with Crippen LogP contribution in [0.3, 0.4) is 0 Å². The third kappa shape index (κ3) is 2.58. The van der Waals surface area contributed by atoms with Crippen LogP contribution in [0.15, 0.2) is 0 Å². The molecule has 0 aromatic carbocycles. The molecule has 6 heteroatoms. The lowest BCUT2D eigenvalue weighted by Crippen LogP contribution is -2.53. The van der Waals surface area contributed by atoms with E-state index in [-0.39, 0.29) is 42.3 Å². The molecule has 0 aromatic rings. The van der Waals surface area contributed by atoms with Crippen molar-refractivity contribution in [3.05, 3.63) is 0 Å². The van der Waals surface area contributed by atoms with Crippen LogP contribution in [0.4, 0.5) is 0 Å². The van der Waals surface area contributed by atoms with Crippen molar-refractivity contribution >= 4 is 18.0 Å². The average molecular weight is 308 g/mol. The highest BCUT2D eigenvalue weighted by molar-refractivity contribution is 5.88. The highest BCUT2D eigenvalue weighted by Crippen LogP contribution is 2.45. The molecule has 3 aliphatic rings. The Balaban J connectivity index is 1.77. The van der Waals surface area contributed by atoms with E-state index in [1.165, 1.54) is 0 Å². The van der Waals surface area contributed by atoms with Crippen molar-refractivity contribution in [1.82, 2.24) is 5.32 Å². The minimum atomic E-state index is -0.547. The fourth-order valence-electron chi connectivity index (χ4n) is 4.53. The van der Waals surface area contributed by atoms with E-state index in [0.29, 0.717) is 13.0 Å². The van der Waals surface area contributed by atoms with Crippen molar-refractivity contribution in [2.45, 2.75) is 50.7 Å². The molecule has 0 aromatic heterocycles. The second kappa shape index (κ2) is 6.08. The van der Waals surface area contributed by atoms with Gasteiger partial charge in [-0.25, -0.2) is 0 Å². The van der Waals surface area contributed by atoms with Crippen LogP contribution in [0.1, 0.15) is 38.5 Å². The summed E-state index contributed by atoms with van der Waals surface area (Å²) < 4.78 is 5.64. The number of hydrogen-bond donors (Lipinski definition) is 2. The second-order valence-corrected chi connectivity index (χ2v) is 6.98. The molecular formula is C16H24N2O4. The molecule has 3 rings (SSSR count). The lowest BCUT2D eigenvalue weighted by atomic mass is 9.70. The van der Waals surface area contributed by atoms with Crippen LogP contribution in [0.25, 0.3) is 0 Å². The van der Waals surface area contributed by atoms with Gasteiger partial charge in [0.05, 0.1) is 12.1 Å². The van der Waals surface area contributed by atoms with Gasteiger partial charge in [0.25, 0.3) is 0 Å². The molecule has 122 valence electrons. The zero-order valence-electron chi connectivity index (χ0n) is 12.8. The maximum absolute atomic E-state index is 11.9. The molecule has 0 bridgehead atoms. The lowest BCUT2D eigenvalue weighted by molar-refractivity contribution is -0.130. The molecule has 0 spiro atoms. The Labute approximate surface area is 130 Å². The molecule has 3 fully saturated rings. The number of Topliss-reactive ketones (excluding diaryl/α,β-unsaturated/α-hetero) is 1. The van der Waals surface area contributed by atoms with Crippen molar-refractivity contribution in [3.8, 4) is 0 Å². The van der Waals surface area contributed by atoms with E-state index in [9.17, 15) is 14.4 Å².